The highest BCUT2D eigenvalue weighted by atomic mass is 15.2. The zero-order valence-electron chi connectivity index (χ0n) is 12.9. The van der Waals surface area contributed by atoms with Crippen molar-refractivity contribution in [3.05, 3.63) is 35.4 Å². The molecular formula is C18H28N2. The second kappa shape index (κ2) is 6.28. The normalized spacial score (nSPS) is 30.2. The Hall–Kier alpha value is -0.860. The fourth-order valence-electron chi connectivity index (χ4n) is 3.95. The number of fused-ring (bicyclic) bond motifs is 1. The highest BCUT2D eigenvalue weighted by molar-refractivity contribution is 5.29. The Morgan fingerprint density at radius 2 is 2.00 bits per heavy atom. The Bertz CT molecular complexity index is 443. The van der Waals surface area contributed by atoms with E-state index in [0.717, 1.165) is 18.5 Å². The number of rotatable bonds is 3. The monoisotopic (exact) mass is 272 g/mol. The van der Waals surface area contributed by atoms with E-state index in [1.54, 1.807) is 5.56 Å². The SMILES string of the molecule is CC1CCCC(N(C)CC2Cc3ccccc3CN2)C1. The van der Waals surface area contributed by atoms with Gasteiger partial charge in [0.05, 0.1) is 0 Å². The number of likely N-dealkylation sites (N-methyl/N-ethyl adjacent to an activating group) is 1. The van der Waals surface area contributed by atoms with Crippen LogP contribution in [0.4, 0.5) is 0 Å². The quantitative estimate of drug-likeness (QED) is 0.909. The fraction of sp³-hybridized carbons (Fsp3) is 0.667. The zero-order chi connectivity index (χ0) is 13.9. The minimum Gasteiger partial charge on any atom is -0.308 e. The van der Waals surface area contributed by atoms with E-state index in [0.29, 0.717) is 6.04 Å². The lowest BCUT2D eigenvalue weighted by Crippen LogP contribution is -2.47. The summed E-state index contributed by atoms with van der Waals surface area (Å²) < 4.78 is 0. The predicted molar refractivity (Wildman–Crippen MR) is 84.8 cm³/mol. The van der Waals surface area contributed by atoms with Crippen LogP contribution in [0.5, 0.6) is 0 Å². The molecule has 3 atom stereocenters. The average Bonchev–Trinajstić information content (AvgIpc) is 2.47. The van der Waals surface area contributed by atoms with Crippen LogP contribution >= 0.6 is 0 Å². The van der Waals surface area contributed by atoms with Crippen molar-refractivity contribution in [1.29, 1.82) is 0 Å². The van der Waals surface area contributed by atoms with Crippen LogP contribution in [0.2, 0.25) is 0 Å². The molecule has 2 heteroatoms. The smallest absolute Gasteiger partial charge is 0.0238 e. The van der Waals surface area contributed by atoms with Crippen LogP contribution < -0.4 is 5.32 Å². The van der Waals surface area contributed by atoms with E-state index in [2.05, 4.69) is 48.5 Å². The molecule has 1 N–H and O–H groups in total. The van der Waals surface area contributed by atoms with E-state index in [1.807, 2.05) is 0 Å². The summed E-state index contributed by atoms with van der Waals surface area (Å²) in [5.41, 5.74) is 3.03. The van der Waals surface area contributed by atoms with Crippen LogP contribution in [-0.2, 0) is 13.0 Å². The first-order chi connectivity index (χ1) is 9.72. The molecule has 20 heavy (non-hydrogen) atoms. The third kappa shape index (κ3) is 3.24. The third-order valence-electron chi connectivity index (χ3n) is 5.21. The van der Waals surface area contributed by atoms with E-state index < -0.39 is 0 Å². The Morgan fingerprint density at radius 1 is 1.20 bits per heavy atom. The van der Waals surface area contributed by atoms with E-state index in [9.17, 15) is 0 Å². The first kappa shape index (κ1) is 14.1. The van der Waals surface area contributed by atoms with Gasteiger partial charge in [0.15, 0.2) is 0 Å². The third-order valence-corrected chi connectivity index (χ3v) is 5.21. The van der Waals surface area contributed by atoms with Crippen LogP contribution in [0.25, 0.3) is 0 Å². The second-order valence-corrected chi connectivity index (χ2v) is 6.92. The zero-order valence-corrected chi connectivity index (χ0v) is 12.9. The van der Waals surface area contributed by atoms with Crippen molar-refractivity contribution < 1.29 is 0 Å². The van der Waals surface area contributed by atoms with Gasteiger partial charge in [-0.15, -0.1) is 0 Å². The van der Waals surface area contributed by atoms with Gasteiger partial charge in [-0.25, -0.2) is 0 Å². The lowest BCUT2D eigenvalue weighted by atomic mass is 9.86. The van der Waals surface area contributed by atoms with Crippen molar-refractivity contribution in [2.75, 3.05) is 13.6 Å². The molecule has 1 aliphatic heterocycles. The van der Waals surface area contributed by atoms with Crippen molar-refractivity contribution >= 4 is 0 Å². The van der Waals surface area contributed by atoms with Crippen LogP contribution in [-0.4, -0.2) is 30.6 Å². The van der Waals surface area contributed by atoms with Gasteiger partial charge in [0.2, 0.25) is 0 Å². The molecule has 1 aromatic rings. The van der Waals surface area contributed by atoms with Crippen molar-refractivity contribution in [1.82, 2.24) is 10.2 Å². The second-order valence-electron chi connectivity index (χ2n) is 6.92. The number of hydrogen-bond acceptors (Lipinski definition) is 2. The lowest BCUT2D eigenvalue weighted by Gasteiger charge is -2.37. The van der Waals surface area contributed by atoms with Gasteiger partial charge in [0, 0.05) is 25.2 Å². The van der Waals surface area contributed by atoms with Crippen molar-refractivity contribution in [3.63, 3.8) is 0 Å². The van der Waals surface area contributed by atoms with Gasteiger partial charge in [-0.1, -0.05) is 44.0 Å². The van der Waals surface area contributed by atoms with Crippen molar-refractivity contribution in [2.45, 2.75) is 57.7 Å². The molecule has 3 unspecified atom stereocenters. The molecule has 1 heterocycles. The average molecular weight is 272 g/mol. The molecule has 0 aromatic heterocycles. The van der Waals surface area contributed by atoms with Crippen LogP contribution in [0.15, 0.2) is 24.3 Å². The molecule has 0 spiro atoms. The highest BCUT2D eigenvalue weighted by Gasteiger charge is 2.25. The summed E-state index contributed by atoms with van der Waals surface area (Å²) >= 11 is 0. The summed E-state index contributed by atoms with van der Waals surface area (Å²) in [6.07, 6.45) is 6.81. The Kier molecular flexibility index (Phi) is 4.42. The van der Waals surface area contributed by atoms with Gasteiger partial charge in [0.25, 0.3) is 0 Å². The predicted octanol–water partition coefficient (Wildman–Crippen LogP) is 3.21. The van der Waals surface area contributed by atoms with Crippen LogP contribution in [0.1, 0.15) is 43.7 Å². The van der Waals surface area contributed by atoms with Crippen molar-refractivity contribution in [3.8, 4) is 0 Å². The minimum absolute atomic E-state index is 0.618. The molecule has 110 valence electrons. The van der Waals surface area contributed by atoms with Gasteiger partial charge in [-0.2, -0.15) is 0 Å². The Labute approximate surface area is 123 Å². The molecule has 1 saturated carbocycles. The molecule has 3 rings (SSSR count). The maximum Gasteiger partial charge on any atom is 0.0238 e. The molecule has 1 aliphatic carbocycles. The molecule has 1 aromatic carbocycles. The molecule has 2 nitrogen and oxygen atoms in total. The standard InChI is InChI=1S/C18H28N2/c1-14-6-5-9-18(10-14)20(2)13-17-11-15-7-3-4-8-16(15)12-19-17/h3-4,7-8,14,17-19H,5-6,9-13H2,1-2H3. The van der Waals surface area contributed by atoms with E-state index in [-0.39, 0.29) is 0 Å². The van der Waals surface area contributed by atoms with E-state index >= 15 is 0 Å². The number of benzene rings is 1. The van der Waals surface area contributed by atoms with Gasteiger partial charge in [-0.3, -0.25) is 0 Å². The van der Waals surface area contributed by atoms with Crippen LogP contribution in [0.3, 0.4) is 0 Å². The maximum absolute atomic E-state index is 3.71. The topological polar surface area (TPSA) is 15.3 Å². The summed E-state index contributed by atoms with van der Waals surface area (Å²) in [5.74, 6) is 0.913. The summed E-state index contributed by atoms with van der Waals surface area (Å²) in [4.78, 5) is 2.61. The fourth-order valence-corrected chi connectivity index (χ4v) is 3.95. The first-order valence-corrected chi connectivity index (χ1v) is 8.23. The van der Waals surface area contributed by atoms with E-state index in [1.165, 1.54) is 44.2 Å². The maximum atomic E-state index is 3.71. The molecule has 0 bridgehead atoms. The number of nitrogens with one attached hydrogen (secondary N) is 1. The Balaban J connectivity index is 1.56. The number of hydrogen-bond donors (Lipinski definition) is 1. The largest absolute Gasteiger partial charge is 0.308 e. The van der Waals surface area contributed by atoms with Gasteiger partial charge < -0.3 is 10.2 Å². The molecule has 1 fully saturated rings. The number of nitrogens with zero attached hydrogens (tertiary/aromatic N) is 1. The highest BCUT2D eigenvalue weighted by Crippen LogP contribution is 2.27. The van der Waals surface area contributed by atoms with Gasteiger partial charge in [-0.05, 0) is 43.4 Å². The molecule has 0 saturated heterocycles. The lowest BCUT2D eigenvalue weighted by molar-refractivity contribution is 0.148. The summed E-state index contributed by atoms with van der Waals surface area (Å²) in [5, 5.41) is 3.71. The Morgan fingerprint density at radius 3 is 2.80 bits per heavy atom. The van der Waals surface area contributed by atoms with E-state index in [4.69, 9.17) is 0 Å². The molecule has 2 aliphatic rings. The minimum atomic E-state index is 0.618. The summed E-state index contributed by atoms with van der Waals surface area (Å²) in [7, 11) is 2.32. The molecule has 0 amide bonds. The molecular weight excluding hydrogens is 244 g/mol. The molecule has 0 radical (unpaired) electrons. The summed E-state index contributed by atoms with van der Waals surface area (Å²) in [6.45, 7) is 4.64. The van der Waals surface area contributed by atoms with Gasteiger partial charge in [0.1, 0.15) is 0 Å². The first-order valence-electron chi connectivity index (χ1n) is 8.23. The summed E-state index contributed by atoms with van der Waals surface area (Å²) in [6, 6.07) is 10.3. The van der Waals surface area contributed by atoms with Gasteiger partial charge >= 0.3 is 0 Å². The van der Waals surface area contributed by atoms with Crippen molar-refractivity contribution in [2.24, 2.45) is 5.92 Å². The van der Waals surface area contributed by atoms with Crippen LogP contribution in [0, 0.1) is 5.92 Å².